The highest BCUT2D eigenvalue weighted by atomic mass is 16.3. The second-order valence-corrected chi connectivity index (χ2v) is 3.92. The third-order valence-electron chi connectivity index (χ3n) is 2.80. The van der Waals surface area contributed by atoms with Crippen molar-refractivity contribution < 1.29 is 5.11 Å². The highest BCUT2D eigenvalue weighted by molar-refractivity contribution is 5.20. The number of nitrogens with zero attached hydrogens (tertiary/aromatic N) is 2. The van der Waals surface area contributed by atoms with Gasteiger partial charge in [0.25, 0.3) is 0 Å². The van der Waals surface area contributed by atoms with Gasteiger partial charge in [0.15, 0.2) is 5.75 Å². The van der Waals surface area contributed by atoms with Crippen LogP contribution in [0.15, 0.2) is 29.7 Å². The molecule has 1 heterocycles. The van der Waals surface area contributed by atoms with E-state index in [-0.39, 0.29) is 11.2 Å². The highest BCUT2D eigenvalue weighted by Gasteiger charge is 2.08. The fourth-order valence-electron chi connectivity index (χ4n) is 1.72. The van der Waals surface area contributed by atoms with E-state index in [9.17, 15) is 9.90 Å². The van der Waals surface area contributed by atoms with Gasteiger partial charge in [-0.2, -0.15) is 0 Å². The molecular weight excluding hydrogens is 216 g/mol. The molecule has 4 heteroatoms. The second kappa shape index (κ2) is 6.25. The summed E-state index contributed by atoms with van der Waals surface area (Å²) in [7, 11) is 0. The minimum atomic E-state index is -0.326. The van der Waals surface area contributed by atoms with E-state index in [1.54, 1.807) is 6.08 Å². The molecule has 0 unspecified atom stereocenters. The van der Waals surface area contributed by atoms with Crippen molar-refractivity contribution in [2.75, 3.05) is 13.1 Å². The predicted molar refractivity (Wildman–Crippen MR) is 69.2 cm³/mol. The molecule has 0 aliphatic heterocycles. The van der Waals surface area contributed by atoms with Crippen molar-refractivity contribution in [3.8, 4) is 5.75 Å². The molecular formula is C13H20N2O2. The van der Waals surface area contributed by atoms with E-state index >= 15 is 0 Å². The van der Waals surface area contributed by atoms with Gasteiger partial charge in [-0.05, 0) is 13.1 Å². The van der Waals surface area contributed by atoms with E-state index in [0.717, 1.165) is 18.8 Å². The Balaban J connectivity index is 3.07. The molecule has 1 aromatic rings. The van der Waals surface area contributed by atoms with Crippen LogP contribution in [0.4, 0.5) is 0 Å². The first-order valence-electron chi connectivity index (χ1n) is 5.87. The normalized spacial score (nSPS) is 10.8. The molecule has 0 spiro atoms. The van der Waals surface area contributed by atoms with Crippen LogP contribution in [0.1, 0.15) is 19.5 Å². The first-order chi connectivity index (χ1) is 8.12. The van der Waals surface area contributed by atoms with Crippen molar-refractivity contribution in [2.45, 2.75) is 26.9 Å². The quantitative estimate of drug-likeness (QED) is 0.763. The van der Waals surface area contributed by atoms with Crippen LogP contribution in [0.25, 0.3) is 0 Å². The topological polar surface area (TPSA) is 45.5 Å². The number of aromatic hydroxyl groups is 1. The number of hydrogen-bond donors (Lipinski definition) is 1. The number of aromatic nitrogens is 1. The standard InChI is InChI=1S/C13H20N2O2/c1-4-7-15-10-13(17)12(16)8-11(15)9-14(5-2)6-3/h4,8,10,17H,1,5-7,9H2,2-3H3. The molecule has 1 N–H and O–H groups in total. The highest BCUT2D eigenvalue weighted by Crippen LogP contribution is 2.08. The summed E-state index contributed by atoms with van der Waals surface area (Å²) in [4.78, 5) is 13.7. The first-order valence-corrected chi connectivity index (χ1v) is 5.87. The summed E-state index contributed by atoms with van der Waals surface area (Å²) < 4.78 is 1.85. The lowest BCUT2D eigenvalue weighted by Gasteiger charge is -2.20. The molecule has 4 nitrogen and oxygen atoms in total. The fraction of sp³-hybridized carbons (Fsp3) is 0.462. The molecule has 0 bridgehead atoms. The Kier molecular flexibility index (Phi) is 4.97. The number of pyridine rings is 1. The van der Waals surface area contributed by atoms with Gasteiger partial charge in [0.1, 0.15) is 0 Å². The molecule has 0 saturated carbocycles. The van der Waals surface area contributed by atoms with Crippen molar-refractivity contribution in [1.82, 2.24) is 9.47 Å². The van der Waals surface area contributed by atoms with Crippen molar-refractivity contribution in [3.05, 3.63) is 40.8 Å². The molecule has 1 rings (SSSR count). The van der Waals surface area contributed by atoms with Crippen LogP contribution in [-0.4, -0.2) is 27.7 Å². The maximum atomic E-state index is 11.4. The Labute approximate surface area is 102 Å². The van der Waals surface area contributed by atoms with Crippen LogP contribution < -0.4 is 5.43 Å². The molecule has 0 fully saturated rings. The average molecular weight is 236 g/mol. The third kappa shape index (κ3) is 3.46. The van der Waals surface area contributed by atoms with Gasteiger partial charge in [-0.25, -0.2) is 0 Å². The number of hydrogen-bond acceptors (Lipinski definition) is 3. The molecule has 0 saturated heterocycles. The Morgan fingerprint density at radius 1 is 1.47 bits per heavy atom. The van der Waals surface area contributed by atoms with Crippen LogP contribution in [0.2, 0.25) is 0 Å². The minimum Gasteiger partial charge on any atom is -0.503 e. The zero-order valence-electron chi connectivity index (χ0n) is 10.5. The second-order valence-electron chi connectivity index (χ2n) is 3.92. The summed E-state index contributed by atoms with van der Waals surface area (Å²) in [6.45, 7) is 11.0. The molecule has 0 aliphatic carbocycles. The van der Waals surface area contributed by atoms with Crippen molar-refractivity contribution in [2.24, 2.45) is 0 Å². The molecule has 1 aromatic heterocycles. The van der Waals surface area contributed by atoms with Gasteiger partial charge in [-0.15, -0.1) is 6.58 Å². The van der Waals surface area contributed by atoms with E-state index in [4.69, 9.17) is 0 Å². The summed E-state index contributed by atoms with van der Waals surface area (Å²) >= 11 is 0. The Morgan fingerprint density at radius 3 is 2.65 bits per heavy atom. The Hall–Kier alpha value is -1.55. The Morgan fingerprint density at radius 2 is 2.12 bits per heavy atom. The van der Waals surface area contributed by atoms with Crippen LogP contribution in [-0.2, 0) is 13.1 Å². The molecule has 0 aromatic carbocycles. The molecule has 94 valence electrons. The largest absolute Gasteiger partial charge is 0.503 e. The van der Waals surface area contributed by atoms with Gasteiger partial charge in [0.2, 0.25) is 5.43 Å². The average Bonchev–Trinajstić information content (AvgIpc) is 2.32. The summed E-state index contributed by atoms with van der Waals surface area (Å²) in [5.74, 6) is -0.213. The smallest absolute Gasteiger partial charge is 0.223 e. The fourth-order valence-corrected chi connectivity index (χ4v) is 1.72. The van der Waals surface area contributed by atoms with Gasteiger partial charge in [-0.1, -0.05) is 19.9 Å². The van der Waals surface area contributed by atoms with E-state index in [1.165, 1.54) is 12.3 Å². The SMILES string of the molecule is C=CCn1cc(O)c(=O)cc1CN(CC)CC. The van der Waals surface area contributed by atoms with E-state index in [0.29, 0.717) is 13.1 Å². The zero-order chi connectivity index (χ0) is 12.8. The van der Waals surface area contributed by atoms with Crippen molar-refractivity contribution in [1.29, 1.82) is 0 Å². The molecule has 0 radical (unpaired) electrons. The van der Waals surface area contributed by atoms with Gasteiger partial charge in [0, 0.05) is 24.8 Å². The maximum Gasteiger partial charge on any atom is 0.223 e. The van der Waals surface area contributed by atoms with Crippen LogP contribution >= 0.6 is 0 Å². The predicted octanol–water partition coefficient (Wildman–Crippen LogP) is 1.58. The molecule has 0 atom stereocenters. The number of allylic oxidation sites excluding steroid dienone is 1. The zero-order valence-corrected chi connectivity index (χ0v) is 10.5. The van der Waals surface area contributed by atoms with E-state index in [2.05, 4.69) is 25.3 Å². The number of rotatable bonds is 6. The van der Waals surface area contributed by atoms with Crippen molar-refractivity contribution in [3.63, 3.8) is 0 Å². The molecule has 17 heavy (non-hydrogen) atoms. The minimum absolute atomic E-state index is 0.213. The van der Waals surface area contributed by atoms with Gasteiger partial charge in [0.05, 0.1) is 6.20 Å². The summed E-state index contributed by atoms with van der Waals surface area (Å²) in [5, 5.41) is 9.42. The lowest BCUT2D eigenvalue weighted by atomic mass is 10.3. The summed E-state index contributed by atoms with van der Waals surface area (Å²) in [6.07, 6.45) is 3.22. The maximum absolute atomic E-state index is 11.4. The lowest BCUT2D eigenvalue weighted by molar-refractivity contribution is 0.287. The van der Waals surface area contributed by atoms with Crippen LogP contribution in [0.3, 0.4) is 0 Å². The van der Waals surface area contributed by atoms with E-state index < -0.39 is 0 Å². The van der Waals surface area contributed by atoms with E-state index in [1.807, 2.05) is 4.57 Å². The van der Waals surface area contributed by atoms with Gasteiger partial charge < -0.3 is 9.67 Å². The van der Waals surface area contributed by atoms with Gasteiger partial charge >= 0.3 is 0 Å². The van der Waals surface area contributed by atoms with Crippen LogP contribution in [0.5, 0.6) is 5.75 Å². The van der Waals surface area contributed by atoms with Gasteiger partial charge in [-0.3, -0.25) is 9.69 Å². The first kappa shape index (κ1) is 13.5. The molecule has 0 amide bonds. The van der Waals surface area contributed by atoms with Crippen molar-refractivity contribution >= 4 is 0 Å². The molecule has 0 aliphatic rings. The summed E-state index contributed by atoms with van der Waals surface area (Å²) in [6, 6.07) is 1.50. The lowest BCUT2D eigenvalue weighted by Crippen LogP contribution is -2.25. The summed E-state index contributed by atoms with van der Waals surface area (Å²) in [5.41, 5.74) is 0.573. The Bertz CT molecular complexity index is 434. The third-order valence-corrected chi connectivity index (χ3v) is 2.80. The monoisotopic (exact) mass is 236 g/mol. The van der Waals surface area contributed by atoms with Crippen LogP contribution in [0, 0.1) is 0 Å².